The maximum atomic E-state index is 4.41. The Kier molecular flexibility index (Phi) is 1.42. The minimum Gasteiger partial charge on any atom is -0.384 e. The topological polar surface area (TPSA) is 24.4 Å². The highest BCUT2D eigenvalue weighted by molar-refractivity contribution is 5.76. The van der Waals surface area contributed by atoms with Crippen molar-refractivity contribution in [2.75, 3.05) is 11.9 Å². The molecule has 3 rings (SSSR count). The van der Waals surface area contributed by atoms with Gasteiger partial charge in [0.2, 0.25) is 0 Å². The van der Waals surface area contributed by atoms with Gasteiger partial charge in [0, 0.05) is 24.0 Å². The number of fused-ring (bicyclic) bond motifs is 3. The molecule has 2 aliphatic rings. The van der Waals surface area contributed by atoms with Gasteiger partial charge in [-0.15, -0.1) is 0 Å². The van der Waals surface area contributed by atoms with Crippen molar-refractivity contribution in [1.82, 2.24) is 0 Å². The van der Waals surface area contributed by atoms with Crippen LogP contribution in [0.1, 0.15) is 17.5 Å². The van der Waals surface area contributed by atoms with Gasteiger partial charge >= 0.3 is 0 Å². The standard InChI is InChI=1S/C11H12N2/c1-2-9-10(12-6-1)4-3-8-5-7-13-11(8)9/h3-4,6,13H,1-2,5,7H2. The quantitative estimate of drug-likeness (QED) is 0.638. The van der Waals surface area contributed by atoms with E-state index in [1.807, 2.05) is 6.21 Å². The number of nitrogens with one attached hydrogen (secondary N) is 1. The van der Waals surface area contributed by atoms with Crippen LogP contribution < -0.4 is 5.32 Å². The molecule has 66 valence electrons. The van der Waals surface area contributed by atoms with Crippen LogP contribution >= 0.6 is 0 Å². The highest BCUT2D eigenvalue weighted by Gasteiger charge is 2.17. The molecule has 0 unspecified atom stereocenters. The Balaban J connectivity index is 2.23. The summed E-state index contributed by atoms with van der Waals surface area (Å²) in [6, 6.07) is 4.35. The van der Waals surface area contributed by atoms with Crippen LogP contribution in [0.15, 0.2) is 17.1 Å². The molecule has 0 radical (unpaired) electrons. The predicted molar refractivity (Wildman–Crippen MR) is 55.1 cm³/mol. The van der Waals surface area contributed by atoms with Crippen LogP contribution in [0.5, 0.6) is 0 Å². The fourth-order valence-corrected chi connectivity index (χ4v) is 2.18. The van der Waals surface area contributed by atoms with E-state index in [1.54, 1.807) is 0 Å². The second kappa shape index (κ2) is 2.59. The maximum Gasteiger partial charge on any atom is 0.0678 e. The number of hydrogen-bond donors (Lipinski definition) is 1. The molecule has 1 aromatic rings. The van der Waals surface area contributed by atoms with E-state index in [0.29, 0.717) is 0 Å². The minimum absolute atomic E-state index is 1.09. The van der Waals surface area contributed by atoms with Crippen LogP contribution in [0.3, 0.4) is 0 Å². The zero-order chi connectivity index (χ0) is 8.67. The highest BCUT2D eigenvalue weighted by Crippen LogP contribution is 2.35. The highest BCUT2D eigenvalue weighted by atomic mass is 14.9. The molecule has 0 spiro atoms. The number of benzene rings is 1. The maximum absolute atomic E-state index is 4.41. The number of anilines is 1. The molecule has 0 fully saturated rings. The molecule has 2 aliphatic heterocycles. The number of nitrogens with zero attached hydrogens (tertiary/aromatic N) is 1. The first kappa shape index (κ1) is 7.13. The van der Waals surface area contributed by atoms with Crippen molar-refractivity contribution < 1.29 is 0 Å². The summed E-state index contributed by atoms with van der Waals surface area (Å²) in [4.78, 5) is 4.41. The molecule has 0 bridgehead atoms. The van der Waals surface area contributed by atoms with Gasteiger partial charge in [0.05, 0.1) is 5.69 Å². The average Bonchev–Trinajstić information content (AvgIpc) is 2.65. The third-order valence-corrected chi connectivity index (χ3v) is 2.82. The van der Waals surface area contributed by atoms with Crippen LogP contribution in [0.4, 0.5) is 11.4 Å². The van der Waals surface area contributed by atoms with Gasteiger partial charge in [0.25, 0.3) is 0 Å². The minimum atomic E-state index is 1.09. The number of aliphatic imine (C=N–C) groups is 1. The van der Waals surface area contributed by atoms with Crippen LogP contribution in [-0.2, 0) is 12.8 Å². The summed E-state index contributed by atoms with van der Waals surface area (Å²) in [6.45, 7) is 1.09. The Bertz CT molecular complexity index is 380. The van der Waals surface area contributed by atoms with E-state index in [2.05, 4.69) is 22.4 Å². The zero-order valence-electron chi connectivity index (χ0n) is 7.51. The second-order valence-electron chi connectivity index (χ2n) is 3.62. The van der Waals surface area contributed by atoms with Crippen molar-refractivity contribution >= 4 is 17.6 Å². The van der Waals surface area contributed by atoms with Gasteiger partial charge in [0.1, 0.15) is 0 Å². The first-order valence-corrected chi connectivity index (χ1v) is 4.86. The van der Waals surface area contributed by atoms with Gasteiger partial charge in [-0.1, -0.05) is 6.07 Å². The Labute approximate surface area is 77.7 Å². The van der Waals surface area contributed by atoms with E-state index < -0.39 is 0 Å². The number of rotatable bonds is 0. The van der Waals surface area contributed by atoms with Gasteiger partial charge in [-0.2, -0.15) is 0 Å². The molecule has 0 atom stereocenters. The molecule has 2 heterocycles. The van der Waals surface area contributed by atoms with Crippen LogP contribution in [0, 0.1) is 0 Å². The van der Waals surface area contributed by atoms with E-state index in [-0.39, 0.29) is 0 Å². The van der Waals surface area contributed by atoms with Gasteiger partial charge in [0.15, 0.2) is 0 Å². The lowest BCUT2D eigenvalue weighted by Gasteiger charge is -2.14. The van der Waals surface area contributed by atoms with E-state index in [9.17, 15) is 0 Å². The van der Waals surface area contributed by atoms with Gasteiger partial charge in [-0.05, 0) is 30.9 Å². The Morgan fingerprint density at radius 1 is 1.23 bits per heavy atom. The molecule has 2 heteroatoms. The normalized spacial score (nSPS) is 17.8. The van der Waals surface area contributed by atoms with Crippen LogP contribution in [-0.4, -0.2) is 12.8 Å². The average molecular weight is 172 g/mol. The fraction of sp³-hybridized carbons (Fsp3) is 0.364. The first-order valence-electron chi connectivity index (χ1n) is 4.86. The lowest BCUT2D eigenvalue weighted by molar-refractivity contribution is 1.03. The Hall–Kier alpha value is -1.31. The van der Waals surface area contributed by atoms with E-state index in [1.165, 1.54) is 28.9 Å². The summed E-state index contributed by atoms with van der Waals surface area (Å²) in [7, 11) is 0. The van der Waals surface area contributed by atoms with Gasteiger partial charge < -0.3 is 5.32 Å². The van der Waals surface area contributed by atoms with Crippen LogP contribution in [0.2, 0.25) is 0 Å². The van der Waals surface area contributed by atoms with Crippen molar-refractivity contribution in [1.29, 1.82) is 0 Å². The van der Waals surface area contributed by atoms with Crippen LogP contribution in [0.25, 0.3) is 0 Å². The van der Waals surface area contributed by atoms with Crippen molar-refractivity contribution in [2.45, 2.75) is 19.3 Å². The van der Waals surface area contributed by atoms with Crippen molar-refractivity contribution in [2.24, 2.45) is 4.99 Å². The van der Waals surface area contributed by atoms with Gasteiger partial charge in [-0.3, -0.25) is 4.99 Å². The summed E-state index contributed by atoms with van der Waals surface area (Å²) in [5, 5.41) is 3.45. The van der Waals surface area contributed by atoms with E-state index >= 15 is 0 Å². The SMILES string of the molecule is C1=Nc2ccc3c(c2CC1)NCC3. The molecular weight excluding hydrogens is 160 g/mol. The summed E-state index contributed by atoms with van der Waals surface area (Å²) in [5.74, 6) is 0. The third kappa shape index (κ3) is 0.981. The first-order chi connectivity index (χ1) is 6.45. The monoisotopic (exact) mass is 172 g/mol. The fourth-order valence-electron chi connectivity index (χ4n) is 2.18. The smallest absolute Gasteiger partial charge is 0.0678 e. The molecule has 2 nitrogen and oxygen atoms in total. The third-order valence-electron chi connectivity index (χ3n) is 2.82. The second-order valence-corrected chi connectivity index (χ2v) is 3.62. The summed E-state index contributed by atoms with van der Waals surface area (Å²) in [6.07, 6.45) is 5.43. The zero-order valence-corrected chi connectivity index (χ0v) is 7.51. The lowest BCUT2D eigenvalue weighted by Crippen LogP contribution is -1.99. The van der Waals surface area contributed by atoms with Gasteiger partial charge in [-0.25, -0.2) is 0 Å². The summed E-state index contributed by atoms with van der Waals surface area (Å²) < 4.78 is 0. The Morgan fingerprint density at radius 2 is 2.23 bits per heavy atom. The molecule has 0 amide bonds. The molecular formula is C11H12N2. The summed E-state index contributed by atoms with van der Waals surface area (Å²) >= 11 is 0. The molecule has 13 heavy (non-hydrogen) atoms. The van der Waals surface area contributed by atoms with Crippen molar-refractivity contribution in [3.63, 3.8) is 0 Å². The van der Waals surface area contributed by atoms with Crippen molar-refractivity contribution in [3.8, 4) is 0 Å². The lowest BCUT2D eigenvalue weighted by atomic mass is 10.00. The predicted octanol–water partition coefficient (Wildman–Crippen LogP) is 2.30. The van der Waals surface area contributed by atoms with Crippen molar-refractivity contribution in [3.05, 3.63) is 23.3 Å². The Morgan fingerprint density at radius 3 is 3.23 bits per heavy atom. The van der Waals surface area contributed by atoms with E-state index in [0.717, 1.165) is 19.4 Å². The molecule has 0 saturated heterocycles. The molecule has 0 aliphatic carbocycles. The molecule has 0 saturated carbocycles. The largest absolute Gasteiger partial charge is 0.384 e. The molecule has 1 N–H and O–H groups in total. The molecule has 0 aromatic heterocycles. The van der Waals surface area contributed by atoms with E-state index in [4.69, 9.17) is 0 Å². The number of hydrogen-bond acceptors (Lipinski definition) is 2. The summed E-state index contributed by atoms with van der Waals surface area (Å²) in [5.41, 5.74) is 5.43. The molecule has 1 aromatic carbocycles.